The zero-order valence-corrected chi connectivity index (χ0v) is 15.1. The van der Waals surface area contributed by atoms with Crippen LogP contribution in [0.25, 0.3) is 0 Å². The fourth-order valence-electron chi connectivity index (χ4n) is 2.11. The maximum atomic E-state index is 12.9. The normalized spacial score (nSPS) is 12.0. The van der Waals surface area contributed by atoms with Crippen molar-refractivity contribution in [1.82, 2.24) is 4.72 Å². The third-order valence-corrected chi connectivity index (χ3v) is 5.72. The number of benzene rings is 2. The van der Waals surface area contributed by atoms with Crippen molar-refractivity contribution in [2.24, 2.45) is 0 Å². The molecule has 0 saturated heterocycles. The van der Waals surface area contributed by atoms with Crippen LogP contribution in [-0.4, -0.2) is 29.0 Å². The smallest absolute Gasteiger partial charge is 0.265 e. The molecule has 1 amide bonds. The molecule has 2 rings (SSSR count). The Balaban J connectivity index is 2.25. The molecule has 0 aliphatic carbocycles. The van der Waals surface area contributed by atoms with Gasteiger partial charge in [-0.05, 0) is 42.3 Å². The number of sulfonamides is 1. The molecule has 6 nitrogen and oxygen atoms in total. The number of nitrogens with one attached hydrogen (secondary N) is 1. The maximum absolute atomic E-state index is 12.9. The van der Waals surface area contributed by atoms with Crippen molar-refractivity contribution in [2.75, 3.05) is 6.26 Å². The van der Waals surface area contributed by atoms with Gasteiger partial charge in [-0.25, -0.2) is 25.9 Å². The molecule has 134 valence electrons. The Morgan fingerprint density at radius 3 is 2.20 bits per heavy atom. The van der Waals surface area contributed by atoms with E-state index in [9.17, 15) is 26.0 Å². The van der Waals surface area contributed by atoms with Gasteiger partial charge in [0.05, 0.1) is 10.6 Å². The second-order valence-corrected chi connectivity index (χ2v) is 9.30. The van der Waals surface area contributed by atoms with E-state index in [2.05, 4.69) is 0 Å². The summed E-state index contributed by atoms with van der Waals surface area (Å²) in [5, 5.41) is 0. The average molecular weight is 385 g/mol. The highest BCUT2D eigenvalue weighted by Crippen LogP contribution is 2.16. The zero-order valence-electron chi connectivity index (χ0n) is 13.5. The predicted molar refractivity (Wildman–Crippen MR) is 90.8 cm³/mol. The van der Waals surface area contributed by atoms with Gasteiger partial charge in [0.1, 0.15) is 5.82 Å². The molecule has 0 radical (unpaired) electrons. The van der Waals surface area contributed by atoms with Crippen LogP contribution in [0.3, 0.4) is 0 Å². The van der Waals surface area contributed by atoms with Crippen LogP contribution in [0.4, 0.5) is 4.39 Å². The lowest BCUT2D eigenvalue weighted by Gasteiger charge is -2.10. The molecule has 0 atom stereocenters. The van der Waals surface area contributed by atoms with Crippen LogP contribution in [0, 0.1) is 12.7 Å². The van der Waals surface area contributed by atoms with E-state index in [1.54, 1.807) is 6.92 Å². The molecule has 9 heteroatoms. The van der Waals surface area contributed by atoms with Crippen LogP contribution in [0.1, 0.15) is 21.5 Å². The molecular weight excluding hydrogens is 369 g/mol. The van der Waals surface area contributed by atoms with E-state index in [0.29, 0.717) is 11.1 Å². The van der Waals surface area contributed by atoms with Gasteiger partial charge >= 0.3 is 0 Å². The first-order chi connectivity index (χ1) is 11.5. The molecule has 0 heterocycles. The highest BCUT2D eigenvalue weighted by atomic mass is 32.2. The second kappa shape index (κ2) is 6.93. The van der Waals surface area contributed by atoms with Gasteiger partial charge in [-0.15, -0.1) is 0 Å². The lowest BCUT2D eigenvalue weighted by atomic mass is 10.1. The number of rotatable bonds is 5. The van der Waals surface area contributed by atoms with Gasteiger partial charge in [-0.3, -0.25) is 4.79 Å². The lowest BCUT2D eigenvalue weighted by Crippen LogP contribution is -2.32. The molecule has 25 heavy (non-hydrogen) atoms. The highest BCUT2D eigenvalue weighted by Gasteiger charge is 2.20. The van der Waals surface area contributed by atoms with Crippen molar-refractivity contribution < 1.29 is 26.0 Å². The Hall–Kier alpha value is -2.26. The first-order valence-corrected chi connectivity index (χ1v) is 10.6. The van der Waals surface area contributed by atoms with E-state index < -0.39 is 37.3 Å². The number of carbonyl (C=O) groups excluding carboxylic acids is 1. The number of aryl methyl sites for hydroxylation is 1. The summed E-state index contributed by atoms with van der Waals surface area (Å²) in [4.78, 5) is 12.2. The number of carbonyl (C=O) groups is 1. The van der Waals surface area contributed by atoms with E-state index in [0.717, 1.165) is 24.5 Å². The standard InChI is InChI=1S/C16H16FNO5S2/c1-11-3-8-14(24(2,20)21)9-15(11)16(19)18-25(22,23)10-12-4-6-13(17)7-5-12/h3-9H,10H2,1-2H3,(H,18,19). The first-order valence-electron chi connectivity index (χ1n) is 7.08. The highest BCUT2D eigenvalue weighted by molar-refractivity contribution is 7.90. The van der Waals surface area contributed by atoms with Gasteiger partial charge in [0.25, 0.3) is 5.91 Å². The van der Waals surface area contributed by atoms with Crippen LogP contribution in [0.5, 0.6) is 0 Å². The molecule has 0 aliphatic heterocycles. The third kappa shape index (κ3) is 5.10. The Bertz CT molecular complexity index is 1010. The van der Waals surface area contributed by atoms with Gasteiger partial charge < -0.3 is 0 Å². The summed E-state index contributed by atoms with van der Waals surface area (Å²) < 4.78 is 62.2. The van der Waals surface area contributed by atoms with E-state index in [4.69, 9.17) is 0 Å². The van der Waals surface area contributed by atoms with Crippen molar-refractivity contribution in [3.8, 4) is 0 Å². The fourth-order valence-corrected chi connectivity index (χ4v) is 3.85. The van der Waals surface area contributed by atoms with Crippen LogP contribution in [-0.2, 0) is 25.6 Å². The molecule has 0 saturated carbocycles. The van der Waals surface area contributed by atoms with Gasteiger partial charge in [0.15, 0.2) is 9.84 Å². The molecule has 0 unspecified atom stereocenters. The van der Waals surface area contributed by atoms with Crippen molar-refractivity contribution in [3.05, 3.63) is 65.0 Å². The number of halogens is 1. The Kier molecular flexibility index (Phi) is 5.28. The third-order valence-electron chi connectivity index (χ3n) is 3.40. The largest absolute Gasteiger partial charge is 0.268 e. The zero-order chi connectivity index (χ0) is 18.8. The Labute approximate surface area is 145 Å². The SMILES string of the molecule is Cc1ccc(S(C)(=O)=O)cc1C(=O)NS(=O)(=O)Cc1ccc(F)cc1. The molecule has 0 spiro atoms. The molecule has 1 N–H and O–H groups in total. The van der Waals surface area contributed by atoms with E-state index in [-0.39, 0.29) is 10.5 Å². The molecular formula is C16H16FNO5S2. The molecule has 0 fully saturated rings. The Morgan fingerprint density at radius 2 is 1.64 bits per heavy atom. The summed E-state index contributed by atoms with van der Waals surface area (Å²) in [5.74, 6) is -1.94. The number of sulfone groups is 1. The lowest BCUT2D eigenvalue weighted by molar-refractivity contribution is 0.0980. The van der Waals surface area contributed by atoms with Crippen molar-refractivity contribution in [2.45, 2.75) is 17.6 Å². The van der Waals surface area contributed by atoms with Crippen molar-refractivity contribution in [3.63, 3.8) is 0 Å². The first kappa shape index (κ1) is 19.1. The van der Waals surface area contributed by atoms with Crippen molar-refractivity contribution in [1.29, 1.82) is 0 Å². The summed E-state index contributed by atoms with van der Waals surface area (Å²) in [6.45, 7) is 1.56. The van der Waals surface area contributed by atoms with Gasteiger partial charge in [0, 0.05) is 11.8 Å². The van der Waals surface area contributed by atoms with E-state index >= 15 is 0 Å². The Morgan fingerprint density at radius 1 is 1.04 bits per heavy atom. The molecule has 0 aliphatic rings. The average Bonchev–Trinajstić information content (AvgIpc) is 2.48. The van der Waals surface area contributed by atoms with Crippen LogP contribution >= 0.6 is 0 Å². The molecule has 0 aromatic heterocycles. The second-order valence-electron chi connectivity index (χ2n) is 5.57. The maximum Gasteiger partial charge on any atom is 0.265 e. The van der Waals surface area contributed by atoms with Crippen LogP contribution in [0.15, 0.2) is 47.4 Å². The fraction of sp³-hybridized carbons (Fsp3) is 0.188. The van der Waals surface area contributed by atoms with Crippen LogP contribution in [0.2, 0.25) is 0 Å². The summed E-state index contributed by atoms with van der Waals surface area (Å²) in [7, 11) is -7.57. The number of amides is 1. The predicted octanol–water partition coefficient (Wildman–Crippen LogP) is 1.80. The number of hydrogen-bond donors (Lipinski definition) is 1. The molecule has 2 aromatic rings. The number of hydrogen-bond acceptors (Lipinski definition) is 5. The summed E-state index contributed by atoms with van der Waals surface area (Å²) >= 11 is 0. The quantitative estimate of drug-likeness (QED) is 0.846. The van der Waals surface area contributed by atoms with E-state index in [1.165, 1.54) is 24.3 Å². The summed E-state index contributed by atoms with van der Waals surface area (Å²) in [5.41, 5.74) is 0.691. The monoisotopic (exact) mass is 385 g/mol. The topological polar surface area (TPSA) is 97.4 Å². The minimum atomic E-state index is -4.03. The van der Waals surface area contributed by atoms with Crippen molar-refractivity contribution >= 4 is 25.8 Å². The summed E-state index contributed by atoms with van der Waals surface area (Å²) in [6, 6.07) is 8.74. The van der Waals surface area contributed by atoms with Gasteiger partial charge in [0.2, 0.25) is 10.0 Å². The van der Waals surface area contributed by atoms with Gasteiger partial charge in [-0.1, -0.05) is 18.2 Å². The molecule has 2 aromatic carbocycles. The molecule has 0 bridgehead atoms. The van der Waals surface area contributed by atoms with Gasteiger partial charge in [-0.2, -0.15) is 0 Å². The summed E-state index contributed by atoms with van der Waals surface area (Å²) in [6.07, 6.45) is 0.991. The van der Waals surface area contributed by atoms with E-state index in [1.807, 2.05) is 4.72 Å². The minimum Gasteiger partial charge on any atom is -0.268 e. The minimum absolute atomic E-state index is 0.0504. The van der Waals surface area contributed by atoms with Crippen LogP contribution < -0.4 is 4.72 Å².